The van der Waals surface area contributed by atoms with Crippen LogP contribution in [0.25, 0.3) is 0 Å². The Morgan fingerprint density at radius 1 is 1.00 bits per heavy atom. The van der Waals surface area contributed by atoms with Gasteiger partial charge >= 0.3 is 0 Å². The number of carbonyl (C=O) groups is 2. The third-order valence-electron chi connectivity index (χ3n) is 3.30. The highest BCUT2D eigenvalue weighted by atomic mass is 16.5. The van der Waals surface area contributed by atoms with Crippen LogP contribution < -0.4 is 4.74 Å². The van der Waals surface area contributed by atoms with E-state index in [1.54, 1.807) is 30.3 Å². The maximum Gasteiger partial charge on any atom is 0.197 e. The first-order valence-corrected chi connectivity index (χ1v) is 6.89. The van der Waals surface area contributed by atoms with Gasteiger partial charge in [-0.2, -0.15) is 0 Å². The Morgan fingerprint density at radius 2 is 1.64 bits per heavy atom. The minimum absolute atomic E-state index is 0.152. The van der Waals surface area contributed by atoms with Crippen molar-refractivity contribution in [3.63, 3.8) is 0 Å². The first-order valence-electron chi connectivity index (χ1n) is 6.89. The molecule has 4 nitrogen and oxygen atoms in total. The fourth-order valence-electron chi connectivity index (χ4n) is 2.11. The zero-order valence-corrected chi connectivity index (χ0v) is 12.8. The second kappa shape index (κ2) is 6.12. The lowest BCUT2D eigenvalue weighted by Crippen LogP contribution is -2.31. The van der Waals surface area contributed by atoms with Crippen LogP contribution in [-0.4, -0.2) is 29.4 Å². The van der Waals surface area contributed by atoms with Gasteiger partial charge in [-0.1, -0.05) is 36.4 Å². The smallest absolute Gasteiger partial charge is 0.197 e. The molecule has 0 fully saturated rings. The topological polar surface area (TPSA) is 63.6 Å². The molecule has 0 aromatic heterocycles. The number of ether oxygens (including phenoxy) is 1. The third kappa shape index (κ3) is 3.23. The first kappa shape index (κ1) is 15.9. The molecule has 0 bridgehead atoms. The molecule has 0 aliphatic rings. The molecule has 2 aromatic carbocycles. The Labute approximate surface area is 129 Å². The summed E-state index contributed by atoms with van der Waals surface area (Å²) in [4.78, 5) is 24.6. The zero-order chi connectivity index (χ0) is 16.3. The molecule has 0 amide bonds. The lowest BCUT2D eigenvalue weighted by molar-refractivity contribution is 0.0485. The van der Waals surface area contributed by atoms with Crippen LogP contribution in [0.1, 0.15) is 40.1 Å². The molecule has 114 valence electrons. The molecule has 0 saturated heterocycles. The maximum atomic E-state index is 12.4. The van der Waals surface area contributed by atoms with Crippen LogP contribution in [0.15, 0.2) is 48.5 Å². The van der Waals surface area contributed by atoms with Gasteiger partial charge in [-0.15, -0.1) is 0 Å². The molecule has 0 aliphatic heterocycles. The molecular formula is C18H18O4. The van der Waals surface area contributed by atoms with E-state index in [1.165, 1.54) is 33.1 Å². The fraction of sp³-hybridized carbons (Fsp3) is 0.222. The van der Waals surface area contributed by atoms with Gasteiger partial charge in [-0.25, -0.2) is 0 Å². The molecule has 0 atom stereocenters. The minimum Gasteiger partial charge on any atom is -0.496 e. The Morgan fingerprint density at radius 3 is 2.18 bits per heavy atom. The molecule has 2 rings (SSSR count). The van der Waals surface area contributed by atoms with Gasteiger partial charge in [-0.05, 0) is 26.0 Å². The number of rotatable bonds is 5. The molecular weight excluding hydrogens is 280 g/mol. The van der Waals surface area contributed by atoms with Gasteiger partial charge in [0.1, 0.15) is 11.4 Å². The molecule has 22 heavy (non-hydrogen) atoms. The molecule has 0 radical (unpaired) electrons. The van der Waals surface area contributed by atoms with Crippen molar-refractivity contribution in [3.05, 3.63) is 65.2 Å². The third-order valence-corrected chi connectivity index (χ3v) is 3.30. The first-order chi connectivity index (χ1) is 10.3. The molecule has 0 spiro atoms. The molecule has 0 heterocycles. The van der Waals surface area contributed by atoms with Crippen molar-refractivity contribution in [1.82, 2.24) is 0 Å². The molecule has 2 aromatic rings. The summed E-state index contributed by atoms with van der Waals surface area (Å²) in [6.45, 7) is 2.83. The van der Waals surface area contributed by atoms with E-state index in [1.807, 2.05) is 6.07 Å². The summed E-state index contributed by atoms with van der Waals surface area (Å²) in [5.41, 5.74) is -0.265. The Balaban J connectivity index is 2.42. The van der Waals surface area contributed by atoms with Gasteiger partial charge in [0.25, 0.3) is 0 Å². The Hall–Kier alpha value is -2.46. The summed E-state index contributed by atoms with van der Waals surface area (Å²) < 4.78 is 5.20. The van der Waals surface area contributed by atoms with Crippen molar-refractivity contribution < 1.29 is 19.4 Å². The summed E-state index contributed by atoms with van der Waals surface area (Å²) in [5.74, 6) is -0.335. The standard InChI is InChI=1S/C18H18O4/c1-18(2,21)17(20)14-10-9-13(11-15(14)22-3)16(19)12-7-5-4-6-8-12/h4-11,21H,1-3H3. The number of hydrogen-bond acceptors (Lipinski definition) is 4. The van der Waals surface area contributed by atoms with E-state index < -0.39 is 11.4 Å². The Bertz CT molecular complexity index is 697. The summed E-state index contributed by atoms with van der Waals surface area (Å²) >= 11 is 0. The molecule has 1 N–H and O–H groups in total. The van der Waals surface area contributed by atoms with E-state index in [0.29, 0.717) is 11.1 Å². The van der Waals surface area contributed by atoms with Crippen molar-refractivity contribution in [2.24, 2.45) is 0 Å². The van der Waals surface area contributed by atoms with Gasteiger partial charge in [0.15, 0.2) is 11.6 Å². The van der Waals surface area contributed by atoms with Gasteiger partial charge in [0.2, 0.25) is 0 Å². The summed E-state index contributed by atoms with van der Waals surface area (Å²) in [6, 6.07) is 13.5. The molecule has 0 saturated carbocycles. The van der Waals surface area contributed by atoms with E-state index in [0.717, 1.165) is 0 Å². The SMILES string of the molecule is COc1cc(C(=O)c2ccccc2)ccc1C(=O)C(C)(C)O. The average molecular weight is 298 g/mol. The van der Waals surface area contributed by atoms with Crippen LogP contribution in [0.5, 0.6) is 5.75 Å². The van der Waals surface area contributed by atoms with E-state index in [2.05, 4.69) is 0 Å². The highest BCUT2D eigenvalue weighted by Gasteiger charge is 2.28. The summed E-state index contributed by atoms with van der Waals surface area (Å²) in [5, 5.41) is 9.84. The Kier molecular flexibility index (Phi) is 4.43. The quantitative estimate of drug-likeness (QED) is 0.862. The maximum absolute atomic E-state index is 12.4. The van der Waals surface area contributed by atoms with E-state index >= 15 is 0 Å². The number of benzene rings is 2. The minimum atomic E-state index is -1.50. The number of hydrogen-bond donors (Lipinski definition) is 1. The van der Waals surface area contributed by atoms with Crippen molar-refractivity contribution >= 4 is 11.6 Å². The largest absolute Gasteiger partial charge is 0.496 e. The van der Waals surface area contributed by atoms with Crippen LogP contribution in [0.3, 0.4) is 0 Å². The van der Waals surface area contributed by atoms with Crippen molar-refractivity contribution in [3.8, 4) is 5.75 Å². The summed E-state index contributed by atoms with van der Waals surface area (Å²) in [6.07, 6.45) is 0. The number of carbonyl (C=O) groups excluding carboxylic acids is 2. The highest BCUT2D eigenvalue weighted by molar-refractivity contribution is 6.10. The number of aliphatic hydroxyl groups is 1. The molecule has 0 aliphatic carbocycles. The van der Waals surface area contributed by atoms with Crippen LogP contribution in [0, 0.1) is 0 Å². The predicted octanol–water partition coefficient (Wildman–Crippen LogP) is 2.88. The normalized spacial score (nSPS) is 11.1. The van der Waals surface area contributed by atoms with Gasteiger partial charge in [0, 0.05) is 11.1 Å². The number of ketones is 2. The van der Waals surface area contributed by atoms with Crippen LogP contribution in [0.4, 0.5) is 0 Å². The van der Waals surface area contributed by atoms with Crippen molar-refractivity contribution in [2.45, 2.75) is 19.4 Å². The monoisotopic (exact) mass is 298 g/mol. The molecule has 0 unspecified atom stereocenters. The van der Waals surface area contributed by atoms with E-state index in [9.17, 15) is 14.7 Å². The van der Waals surface area contributed by atoms with Crippen molar-refractivity contribution in [1.29, 1.82) is 0 Å². The van der Waals surface area contributed by atoms with Gasteiger partial charge in [0.05, 0.1) is 12.7 Å². The lowest BCUT2D eigenvalue weighted by Gasteiger charge is -2.18. The summed E-state index contributed by atoms with van der Waals surface area (Å²) in [7, 11) is 1.42. The van der Waals surface area contributed by atoms with Gasteiger partial charge in [-0.3, -0.25) is 9.59 Å². The number of methoxy groups -OCH3 is 1. The second-order valence-electron chi connectivity index (χ2n) is 5.50. The van der Waals surface area contributed by atoms with Crippen LogP contribution >= 0.6 is 0 Å². The highest BCUT2D eigenvalue weighted by Crippen LogP contribution is 2.25. The van der Waals surface area contributed by atoms with E-state index in [4.69, 9.17) is 4.74 Å². The van der Waals surface area contributed by atoms with E-state index in [-0.39, 0.29) is 17.1 Å². The molecule has 4 heteroatoms. The van der Waals surface area contributed by atoms with Crippen LogP contribution in [-0.2, 0) is 0 Å². The zero-order valence-electron chi connectivity index (χ0n) is 12.8. The number of Topliss-reactive ketones (excluding diaryl/α,β-unsaturated/α-hetero) is 1. The predicted molar refractivity (Wildman–Crippen MR) is 83.5 cm³/mol. The van der Waals surface area contributed by atoms with Crippen LogP contribution in [0.2, 0.25) is 0 Å². The average Bonchev–Trinajstić information content (AvgIpc) is 2.52. The van der Waals surface area contributed by atoms with Crippen molar-refractivity contribution in [2.75, 3.05) is 7.11 Å². The lowest BCUT2D eigenvalue weighted by atomic mass is 9.94. The fourth-order valence-corrected chi connectivity index (χ4v) is 2.11. The van der Waals surface area contributed by atoms with Gasteiger partial charge < -0.3 is 9.84 Å². The second-order valence-corrected chi connectivity index (χ2v) is 5.50.